The number of anilines is 1. The van der Waals surface area contributed by atoms with Crippen molar-refractivity contribution in [3.05, 3.63) is 28.2 Å². The third kappa shape index (κ3) is 3.65. The smallest absolute Gasteiger partial charge is 0.317 e. The second-order valence-electron chi connectivity index (χ2n) is 2.48. The van der Waals surface area contributed by atoms with Crippen LogP contribution in [0.1, 0.15) is 0 Å². The predicted molar refractivity (Wildman–Crippen MR) is 61.3 cm³/mol. The van der Waals surface area contributed by atoms with Gasteiger partial charge in [-0.05, 0) is 12.1 Å². The summed E-state index contributed by atoms with van der Waals surface area (Å²) in [5.41, 5.74) is 7.84. The maximum absolute atomic E-state index is 10.3. The van der Waals surface area contributed by atoms with Crippen LogP contribution in [0.3, 0.4) is 0 Å². The molecule has 0 radical (unpaired) electrons. The Hall–Kier alpha value is -1.46. The summed E-state index contributed by atoms with van der Waals surface area (Å²) in [6.45, 7) is 0. The summed E-state index contributed by atoms with van der Waals surface area (Å²) < 4.78 is 0. The molecule has 0 fully saturated rings. The Morgan fingerprint density at radius 2 is 2.00 bits per heavy atom. The lowest BCUT2D eigenvalue weighted by atomic mass is 10.3. The summed E-state index contributed by atoms with van der Waals surface area (Å²) in [5, 5.41) is 6.66. The van der Waals surface area contributed by atoms with Crippen molar-refractivity contribution in [3.63, 3.8) is 0 Å². The highest BCUT2D eigenvalue weighted by Gasteiger charge is 2.02. The minimum absolute atomic E-state index is 0.429. The van der Waals surface area contributed by atoms with Crippen LogP contribution in [0.25, 0.3) is 0 Å². The van der Waals surface area contributed by atoms with E-state index >= 15 is 0 Å². The Balaban J connectivity index is 2.65. The number of nitrogens with one attached hydrogen (secondary N) is 2. The number of hydrazone groups is 1. The number of urea groups is 1. The highest BCUT2D eigenvalue weighted by atomic mass is 35.5. The van der Waals surface area contributed by atoms with Crippen molar-refractivity contribution in [2.45, 2.75) is 0 Å². The largest absolute Gasteiger partial charge is 0.351 e. The van der Waals surface area contributed by atoms with Gasteiger partial charge in [0.05, 0.1) is 15.7 Å². The Kier molecular flexibility index (Phi) is 4.20. The van der Waals surface area contributed by atoms with Crippen LogP contribution in [0.15, 0.2) is 23.3 Å². The zero-order valence-electron chi connectivity index (χ0n) is 7.50. The molecule has 0 spiro atoms. The number of halogens is 2. The van der Waals surface area contributed by atoms with Gasteiger partial charge in [0.25, 0.3) is 0 Å². The Morgan fingerprint density at radius 3 is 2.53 bits per heavy atom. The molecule has 0 aliphatic rings. The van der Waals surface area contributed by atoms with Crippen molar-refractivity contribution in [3.8, 4) is 0 Å². The SMILES string of the molecule is NC(=O)N/C=N/Nc1c(Cl)cccc1Cl. The Bertz CT molecular complexity index is 374. The topological polar surface area (TPSA) is 79.5 Å². The summed E-state index contributed by atoms with van der Waals surface area (Å²) in [7, 11) is 0. The summed E-state index contributed by atoms with van der Waals surface area (Å²) >= 11 is 11.7. The van der Waals surface area contributed by atoms with Crippen LogP contribution in [-0.4, -0.2) is 12.4 Å². The fourth-order valence-corrected chi connectivity index (χ4v) is 1.28. The highest BCUT2D eigenvalue weighted by molar-refractivity contribution is 6.39. The van der Waals surface area contributed by atoms with Gasteiger partial charge >= 0.3 is 6.03 Å². The fraction of sp³-hybridized carbons (Fsp3) is 0. The molecule has 1 aromatic rings. The molecule has 0 aliphatic heterocycles. The van der Waals surface area contributed by atoms with Gasteiger partial charge in [0.1, 0.15) is 6.34 Å². The number of amides is 2. The molecule has 0 atom stereocenters. The lowest BCUT2D eigenvalue weighted by Crippen LogP contribution is -2.28. The number of carbonyl (C=O) groups excluding carboxylic acids is 1. The normalized spacial score (nSPS) is 10.3. The molecule has 4 N–H and O–H groups in total. The summed E-state index contributed by atoms with van der Waals surface area (Å²) in [6.07, 6.45) is 1.10. The van der Waals surface area contributed by atoms with Gasteiger partial charge in [0, 0.05) is 0 Å². The van der Waals surface area contributed by atoms with E-state index in [1.807, 2.05) is 0 Å². The van der Waals surface area contributed by atoms with Crippen LogP contribution in [0.2, 0.25) is 10.0 Å². The molecule has 80 valence electrons. The molecule has 2 amide bonds. The molecule has 1 rings (SSSR count). The third-order valence-electron chi connectivity index (χ3n) is 1.41. The number of hydrogen-bond donors (Lipinski definition) is 3. The minimum Gasteiger partial charge on any atom is -0.351 e. The van der Waals surface area contributed by atoms with Crippen LogP contribution >= 0.6 is 23.2 Å². The van der Waals surface area contributed by atoms with Gasteiger partial charge in [-0.15, -0.1) is 0 Å². The monoisotopic (exact) mass is 246 g/mol. The van der Waals surface area contributed by atoms with Crippen LogP contribution < -0.4 is 16.5 Å². The van der Waals surface area contributed by atoms with Gasteiger partial charge in [-0.1, -0.05) is 29.3 Å². The van der Waals surface area contributed by atoms with Gasteiger partial charge in [-0.2, -0.15) is 5.10 Å². The van der Waals surface area contributed by atoms with E-state index in [0.717, 1.165) is 6.34 Å². The van der Waals surface area contributed by atoms with Crippen LogP contribution in [-0.2, 0) is 0 Å². The number of carbonyl (C=O) groups is 1. The Morgan fingerprint density at radius 1 is 1.40 bits per heavy atom. The number of hydrogen-bond acceptors (Lipinski definition) is 3. The number of benzene rings is 1. The first kappa shape index (κ1) is 11.6. The van der Waals surface area contributed by atoms with E-state index in [1.54, 1.807) is 18.2 Å². The molecule has 0 unspecified atom stereocenters. The van der Waals surface area contributed by atoms with E-state index in [0.29, 0.717) is 15.7 Å². The van der Waals surface area contributed by atoms with Crippen molar-refractivity contribution in [1.29, 1.82) is 0 Å². The molecule has 0 heterocycles. The minimum atomic E-state index is -0.703. The molecule has 0 bridgehead atoms. The molecular weight excluding hydrogens is 239 g/mol. The van der Waals surface area contributed by atoms with Crippen LogP contribution in [0, 0.1) is 0 Å². The van der Waals surface area contributed by atoms with E-state index in [1.165, 1.54) is 0 Å². The molecule has 0 aliphatic carbocycles. The van der Waals surface area contributed by atoms with E-state index < -0.39 is 6.03 Å². The molecule has 15 heavy (non-hydrogen) atoms. The summed E-state index contributed by atoms with van der Waals surface area (Å²) in [4.78, 5) is 10.3. The Labute approximate surface area is 96.2 Å². The van der Waals surface area contributed by atoms with Crippen molar-refractivity contribution >= 4 is 41.3 Å². The third-order valence-corrected chi connectivity index (χ3v) is 2.04. The van der Waals surface area contributed by atoms with Crippen LogP contribution in [0.5, 0.6) is 0 Å². The molecule has 5 nitrogen and oxygen atoms in total. The number of nitrogens with zero attached hydrogens (tertiary/aromatic N) is 1. The molecule has 0 saturated heterocycles. The molecule has 7 heteroatoms. The number of nitrogens with two attached hydrogens (primary N) is 1. The second kappa shape index (κ2) is 5.43. The quantitative estimate of drug-likeness (QED) is 0.434. The van der Waals surface area contributed by atoms with Crippen LogP contribution in [0.4, 0.5) is 10.5 Å². The summed E-state index contributed by atoms with van der Waals surface area (Å²) in [6, 6.07) is 4.33. The van der Waals surface area contributed by atoms with Crippen molar-refractivity contribution in [2.24, 2.45) is 10.8 Å². The average Bonchev–Trinajstić information content (AvgIpc) is 2.15. The molecule has 0 saturated carbocycles. The first-order chi connectivity index (χ1) is 7.11. The van der Waals surface area contributed by atoms with E-state index in [2.05, 4.69) is 15.8 Å². The van der Waals surface area contributed by atoms with Gasteiger partial charge < -0.3 is 5.73 Å². The first-order valence-corrected chi connectivity index (χ1v) is 4.64. The molecule has 1 aromatic carbocycles. The van der Waals surface area contributed by atoms with Gasteiger partial charge in [-0.3, -0.25) is 10.7 Å². The van der Waals surface area contributed by atoms with Crippen molar-refractivity contribution in [2.75, 3.05) is 5.43 Å². The second-order valence-corrected chi connectivity index (χ2v) is 3.29. The van der Waals surface area contributed by atoms with E-state index in [4.69, 9.17) is 28.9 Å². The van der Waals surface area contributed by atoms with E-state index in [9.17, 15) is 4.79 Å². The van der Waals surface area contributed by atoms with Gasteiger partial charge in [-0.25, -0.2) is 4.79 Å². The number of rotatable bonds is 3. The van der Waals surface area contributed by atoms with E-state index in [-0.39, 0.29) is 0 Å². The first-order valence-electron chi connectivity index (χ1n) is 3.89. The molecule has 0 aromatic heterocycles. The fourth-order valence-electron chi connectivity index (χ4n) is 0.797. The average molecular weight is 247 g/mol. The van der Waals surface area contributed by atoms with Crippen molar-refractivity contribution < 1.29 is 4.79 Å². The highest BCUT2D eigenvalue weighted by Crippen LogP contribution is 2.29. The summed E-state index contributed by atoms with van der Waals surface area (Å²) in [5.74, 6) is 0. The standard InChI is InChI=1S/C8H8Cl2N4O/c9-5-2-1-3-6(10)7(5)14-13-4-12-8(11)15/h1-4,14H,(H3,11,12,13,15). The number of para-hydroxylation sites is 1. The maximum Gasteiger partial charge on any atom is 0.317 e. The predicted octanol–water partition coefficient (Wildman–Crippen LogP) is 2.02. The number of primary amides is 1. The maximum atomic E-state index is 10.3. The van der Waals surface area contributed by atoms with Gasteiger partial charge in [0.15, 0.2) is 0 Å². The zero-order valence-corrected chi connectivity index (χ0v) is 9.01. The molecular formula is C8H8Cl2N4O. The zero-order chi connectivity index (χ0) is 11.3. The van der Waals surface area contributed by atoms with Gasteiger partial charge in [0.2, 0.25) is 0 Å². The van der Waals surface area contributed by atoms with Crippen molar-refractivity contribution in [1.82, 2.24) is 5.32 Å². The lowest BCUT2D eigenvalue weighted by molar-refractivity contribution is 0.253. The lowest BCUT2D eigenvalue weighted by Gasteiger charge is -2.04.